The normalized spacial score (nSPS) is 29.0. The van der Waals surface area contributed by atoms with Crippen LogP contribution in [0.5, 0.6) is 0 Å². The van der Waals surface area contributed by atoms with Crippen LogP contribution in [0.2, 0.25) is 5.02 Å². The van der Waals surface area contributed by atoms with E-state index in [1.807, 2.05) is 29.2 Å². The van der Waals surface area contributed by atoms with Gasteiger partial charge in [-0.1, -0.05) is 23.7 Å². The number of aliphatic hydroxyl groups is 1. The number of aliphatic hydroxyl groups excluding tert-OH is 1. The average molecular weight is 309 g/mol. The van der Waals surface area contributed by atoms with Crippen molar-refractivity contribution in [2.24, 2.45) is 5.92 Å². The molecule has 1 aromatic rings. The Bertz CT molecular complexity index is 506. The molecule has 5 heteroatoms. The van der Waals surface area contributed by atoms with E-state index in [1.165, 1.54) is 0 Å². The number of hydrogen-bond donors (Lipinski definition) is 2. The van der Waals surface area contributed by atoms with Gasteiger partial charge < -0.3 is 15.3 Å². The fourth-order valence-corrected chi connectivity index (χ4v) is 3.65. The van der Waals surface area contributed by atoms with Gasteiger partial charge in [0.1, 0.15) is 0 Å². The van der Waals surface area contributed by atoms with Crippen molar-refractivity contribution in [2.75, 3.05) is 26.2 Å². The zero-order chi connectivity index (χ0) is 14.8. The molecule has 3 rings (SSSR count). The molecule has 2 fully saturated rings. The number of hydrogen-bond acceptors (Lipinski definition) is 3. The predicted molar refractivity (Wildman–Crippen MR) is 82.4 cm³/mol. The second-order valence-corrected chi connectivity index (χ2v) is 6.37. The minimum absolute atomic E-state index is 0.00367. The second-order valence-electron chi connectivity index (χ2n) is 5.93. The first-order valence-electron chi connectivity index (χ1n) is 7.58. The molecule has 0 spiro atoms. The molecule has 4 nitrogen and oxygen atoms in total. The summed E-state index contributed by atoms with van der Waals surface area (Å²) in [5.41, 5.74) is 1.16. The van der Waals surface area contributed by atoms with Crippen LogP contribution in [0, 0.1) is 5.92 Å². The van der Waals surface area contributed by atoms with E-state index in [9.17, 15) is 9.90 Å². The van der Waals surface area contributed by atoms with Crippen molar-refractivity contribution in [1.29, 1.82) is 0 Å². The molecule has 2 aliphatic rings. The van der Waals surface area contributed by atoms with Gasteiger partial charge in [0.05, 0.1) is 18.6 Å². The Hall–Kier alpha value is -1.10. The lowest BCUT2D eigenvalue weighted by Crippen LogP contribution is -2.43. The summed E-state index contributed by atoms with van der Waals surface area (Å²) in [7, 11) is 0. The third-order valence-corrected chi connectivity index (χ3v) is 4.95. The number of carbonyl (C=O) groups excluding carboxylic acids is 1. The zero-order valence-corrected chi connectivity index (χ0v) is 12.7. The van der Waals surface area contributed by atoms with Gasteiger partial charge >= 0.3 is 0 Å². The zero-order valence-electron chi connectivity index (χ0n) is 12.0. The summed E-state index contributed by atoms with van der Waals surface area (Å²) >= 11 is 5.94. The minimum atomic E-state index is -0.0432. The molecule has 2 N–H and O–H groups in total. The van der Waals surface area contributed by atoms with Gasteiger partial charge in [-0.2, -0.15) is 0 Å². The van der Waals surface area contributed by atoms with Crippen molar-refractivity contribution in [1.82, 2.24) is 10.2 Å². The van der Waals surface area contributed by atoms with E-state index < -0.39 is 0 Å². The molecular weight excluding hydrogens is 288 g/mol. The summed E-state index contributed by atoms with van der Waals surface area (Å²) in [6, 6.07) is 7.78. The third-order valence-electron chi connectivity index (χ3n) is 4.70. The van der Waals surface area contributed by atoms with E-state index in [4.69, 9.17) is 11.6 Å². The number of rotatable bonds is 3. The smallest absolute Gasteiger partial charge is 0.227 e. The highest BCUT2D eigenvalue weighted by atomic mass is 35.5. The molecule has 0 radical (unpaired) electrons. The van der Waals surface area contributed by atoms with Crippen LogP contribution in [-0.4, -0.2) is 48.2 Å². The lowest BCUT2D eigenvalue weighted by Gasteiger charge is -2.28. The lowest BCUT2D eigenvalue weighted by atomic mass is 9.88. The van der Waals surface area contributed by atoms with Crippen molar-refractivity contribution in [3.8, 4) is 0 Å². The Morgan fingerprint density at radius 3 is 2.81 bits per heavy atom. The van der Waals surface area contributed by atoms with Gasteiger partial charge in [-0.3, -0.25) is 4.79 Å². The Balaban J connectivity index is 1.77. The predicted octanol–water partition coefficient (Wildman–Crippen LogP) is 1.63. The van der Waals surface area contributed by atoms with E-state index in [1.54, 1.807) is 0 Å². The molecule has 114 valence electrons. The molecule has 1 unspecified atom stereocenters. The van der Waals surface area contributed by atoms with Crippen LogP contribution in [-0.2, 0) is 4.79 Å². The van der Waals surface area contributed by atoms with Crippen molar-refractivity contribution in [3.63, 3.8) is 0 Å². The van der Waals surface area contributed by atoms with Crippen molar-refractivity contribution >= 4 is 17.5 Å². The highest BCUT2D eigenvalue weighted by molar-refractivity contribution is 6.30. The van der Waals surface area contributed by atoms with E-state index in [2.05, 4.69) is 5.32 Å². The number of carbonyl (C=O) groups is 1. The van der Waals surface area contributed by atoms with Crippen LogP contribution in [0.15, 0.2) is 24.3 Å². The second kappa shape index (κ2) is 6.34. The molecule has 0 aliphatic carbocycles. The number of nitrogens with one attached hydrogen (secondary N) is 1. The van der Waals surface area contributed by atoms with Crippen molar-refractivity contribution < 1.29 is 9.90 Å². The van der Waals surface area contributed by atoms with Gasteiger partial charge in [-0.25, -0.2) is 0 Å². The van der Waals surface area contributed by atoms with Crippen LogP contribution < -0.4 is 5.32 Å². The van der Waals surface area contributed by atoms with Gasteiger partial charge in [-0.15, -0.1) is 0 Å². The minimum Gasteiger partial charge on any atom is -0.394 e. The number of halogens is 1. The van der Waals surface area contributed by atoms with Gasteiger partial charge in [0, 0.05) is 30.6 Å². The molecule has 0 aromatic heterocycles. The Morgan fingerprint density at radius 1 is 1.33 bits per heavy atom. The Kier molecular flexibility index (Phi) is 4.48. The van der Waals surface area contributed by atoms with Crippen molar-refractivity contribution in [3.05, 3.63) is 34.9 Å². The fourth-order valence-electron chi connectivity index (χ4n) is 3.53. The van der Waals surface area contributed by atoms with Gasteiger partial charge in [0.25, 0.3) is 0 Å². The van der Waals surface area contributed by atoms with E-state index in [-0.39, 0.29) is 30.4 Å². The first-order chi connectivity index (χ1) is 10.2. The summed E-state index contributed by atoms with van der Waals surface area (Å²) in [4.78, 5) is 14.7. The number of likely N-dealkylation sites (tertiary alicyclic amines) is 1. The summed E-state index contributed by atoms with van der Waals surface area (Å²) in [5, 5.41) is 13.5. The summed E-state index contributed by atoms with van der Waals surface area (Å²) < 4.78 is 0. The topological polar surface area (TPSA) is 52.6 Å². The van der Waals surface area contributed by atoms with Crippen molar-refractivity contribution in [2.45, 2.75) is 24.8 Å². The van der Waals surface area contributed by atoms with Crippen LogP contribution in [0.25, 0.3) is 0 Å². The number of benzene rings is 1. The molecule has 2 aliphatic heterocycles. The largest absolute Gasteiger partial charge is 0.394 e. The summed E-state index contributed by atoms with van der Waals surface area (Å²) in [6.45, 7) is 2.36. The SMILES string of the molecule is O=C([C@@H]1CNC[C@H]1c1ccc(Cl)cc1)N1CCCC1CO. The van der Waals surface area contributed by atoms with Crippen LogP contribution in [0.4, 0.5) is 0 Å². The van der Waals surface area contributed by atoms with Crippen LogP contribution in [0.3, 0.4) is 0 Å². The summed E-state index contributed by atoms with van der Waals surface area (Å²) in [6.07, 6.45) is 1.90. The lowest BCUT2D eigenvalue weighted by molar-refractivity contribution is -0.136. The van der Waals surface area contributed by atoms with E-state index in [0.29, 0.717) is 11.6 Å². The molecule has 2 saturated heterocycles. The molecule has 1 amide bonds. The molecule has 1 aromatic carbocycles. The quantitative estimate of drug-likeness (QED) is 0.892. The highest BCUT2D eigenvalue weighted by Gasteiger charge is 2.39. The monoisotopic (exact) mass is 308 g/mol. The first-order valence-corrected chi connectivity index (χ1v) is 7.96. The maximum atomic E-state index is 12.8. The first kappa shape index (κ1) is 14.8. The van der Waals surface area contributed by atoms with Crippen LogP contribution >= 0.6 is 11.6 Å². The maximum Gasteiger partial charge on any atom is 0.227 e. The molecule has 3 atom stereocenters. The standard InChI is InChI=1S/C16H21ClN2O2/c17-12-5-3-11(4-6-12)14-8-18-9-15(14)16(21)19-7-1-2-13(19)10-20/h3-6,13-15,18,20H,1-2,7-10H2/t13?,14-,15+/m0/s1. The highest BCUT2D eigenvalue weighted by Crippen LogP contribution is 2.32. The summed E-state index contributed by atoms with van der Waals surface area (Å²) in [5.74, 6) is 0.324. The molecule has 2 heterocycles. The van der Waals surface area contributed by atoms with Crippen LogP contribution in [0.1, 0.15) is 24.3 Å². The fraction of sp³-hybridized carbons (Fsp3) is 0.562. The van der Waals surface area contributed by atoms with Gasteiger partial charge in [0.15, 0.2) is 0 Å². The number of nitrogens with zero attached hydrogens (tertiary/aromatic N) is 1. The van der Waals surface area contributed by atoms with Gasteiger partial charge in [-0.05, 0) is 30.5 Å². The molecule has 0 bridgehead atoms. The Morgan fingerprint density at radius 2 is 2.10 bits per heavy atom. The third kappa shape index (κ3) is 2.93. The molecule has 21 heavy (non-hydrogen) atoms. The average Bonchev–Trinajstić information content (AvgIpc) is 3.16. The Labute approximate surface area is 130 Å². The maximum absolute atomic E-state index is 12.8. The number of amides is 1. The van der Waals surface area contributed by atoms with Gasteiger partial charge in [0.2, 0.25) is 5.91 Å². The van der Waals surface area contributed by atoms with E-state index in [0.717, 1.165) is 31.5 Å². The van der Waals surface area contributed by atoms with E-state index >= 15 is 0 Å². The molecular formula is C16H21ClN2O2. The molecule has 0 saturated carbocycles.